The lowest BCUT2D eigenvalue weighted by Crippen LogP contribution is -2.67. The van der Waals surface area contributed by atoms with Gasteiger partial charge >= 0.3 is 17.9 Å². The molecule has 3 rings (SSSR count). The number of ether oxygens (including phenoxy) is 4. The van der Waals surface area contributed by atoms with Crippen LogP contribution in [0.5, 0.6) is 0 Å². The first-order valence-electron chi connectivity index (χ1n) is 29.6. The summed E-state index contributed by atoms with van der Waals surface area (Å²) in [5, 5.41) is 25.1. The third kappa shape index (κ3) is 28.1. The van der Waals surface area contributed by atoms with Crippen molar-refractivity contribution in [2.75, 3.05) is 6.61 Å². The minimum Gasteiger partial charge on any atom is -0.462 e. The molecule has 1 saturated heterocycles. The van der Waals surface area contributed by atoms with Crippen molar-refractivity contribution < 1.29 is 48.3 Å². The van der Waals surface area contributed by atoms with Gasteiger partial charge in [0.25, 0.3) is 0 Å². The number of carbonyl (C=O) groups excluding carboxylic acids is 4. The Morgan fingerprint density at radius 3 is 1.38 bits per heavy atom. The van der Waals surface area contributed by atoms with Crippen LogP contribution in [0.4, 0.5) is 0 Å². The molecule has 0 bridgehead atoms. The van der Waals surface area contributed by atoms with Crippen LogP contribution in [0.1, 0.15) is 263 Å². The van der Waals surface area contributed by atoms with E-state index in [1.54, 1.807) is 0 Å². The largest absolute Gasteiger partial charge is 0.462 e. The van der Waals surface area contributed by atoms with Gasteiger partial charge in [-0.2, -0.15) is 0 Å². The summed E-state index contributed by atoms with van der Waals surface area (Å²) in [5.74, 6) is -2.35. The molecule has 1 amide bonds. The third-order valence-electron chi connectivity index (χ3n) is 14.5. The van der Waals surface area contributed by atoms with Crippen LogP contribution in [-0.2, 0) is 38.1 Å². The van der Waals surface area contributed by atoms with Gasteiger partial charge in [-0.25, -0.2) is 4.79 Å². The van der Waals surface area contributed by atoms with Crippen LogP contribution >= 0.6 is 0 Å². The van der Waals surface area contributed by atoms with Crippen molar-refractivity contribution in [2.24, 2.45) is 0 Å². The van der Waals surface area contributed by atoms with E-state index >= 15 is 0 Å². The minimum absolute atomic E-state index is 0.155. The first-order valence-corrected chi connectivity index (χ1v) is 29.6. The number of hydrogen-bond donors (Lipinski definition) is 3. The Morgan fingerprint density at radius 2 is 0.945 bits per heavy atom. The zero-order valence-electron chi connectivity index (χ0n) is 45.9. The Morgan fingerprint density at radius 1 is 0.534 bits per heavy atom. The summed E-state index contributed by atoms with van der Waals surface area (Å²) in [4.78, 5) is 55.8. The van der Waals surface area contributed by atoms with Gasteiger partial charge < -0.3 is 34.5 Å². The molecule has 2 aromatic rings. The molecule has 0 aromatic heterocycles. The third-order valence-corrected chi connectivity index (χ3v) is 14.5. The SMILES string of the molecule is CCCCCCCCCCCCCC(=O)N[C@@H]1[C@@H](OC(=O)C[C@@H](CCCCCCCCCCC)OC(=O)CCCCCCCCCCCCC)[C@H](O)[C@@H](CO)O[C@@H]1C(=O)OC(c1ccccc1)c1ccccc1. The van der Waals surface area contributed by atoms with Gasteiger partial charge in [0, 0.05) is 12.8 Å². The summed E-state index contributed by atoms with van der Waals surface area (Å²) in [6.45, 7) is 5.98. The molecule has 0 radical (unpaired) electrons. The van der Waals surface area contributed by atoms with E-state index in [9.17, 15) is 29.4 Å². The van der Waals surface area contributed by atoms with Gasteiger partial charge in [-0.1, -0.05) is 261 Å². The Kier molecular flexibility index (Phi) is 36.0. The average molecular weight is 1020 g/mol. The summed E-state index contributed by atoms with van der Waals surface area (Å²) in [5.41, 5.74) is 1.40. The topological polar surface area (TPSA) is 158 Å². The first-order chi connectivity index (χ1) is 35.7. The molecule has 11 heteroatoms. The summed E-state index contributed by atoms with van der Waals surface area (Å²) in [6.07, 6.45) is 28.2. The summed E-state index contributed by atoms with van der Waals surface area (Å²) < 4.78 is 24.5. The number of hydrogen-bond acceptors (Lipinski definition) is 10. The minimum atomic E-state index is -1.61. The number of aliphatic hydroxyl groups excluding tert-OH is 2. The van der Waals surface area contributed by atoms with Crippen LogP contribution in [0.2, 0.25) is 0 Å². The van der Waals surface area contributed by atoms with E-state index in [4.69, 9.17) is 18.9 Å². The van der Waals surface area contributed by atoms with E-state index in [0.717, 1.165) is 70.6 Å². The van der Waals surface area contributed by atoms with E-state index in [0.29, 0.717) is 24.0 Å². The summed E-state index contributed by atoms with van der Waals surface area (Å²) >= 11 is 0. The van der Waals surface area contributed by atoms with Crippen LogP contribution in [0.3, 0.4) is 0 Å². The van der Waals surface area contributed by atoms with E-state index in [2.05, 4.69) is 26.1 Å². The first kappa shape index (κ1) is 63.5. The fourth-order valence-corrected chi connectivity index (χ4v) is 10.0. The molecule has 414 valence electrons. The summed E-state index contributed by atoms with van der Waals surface area (Å²) in [7, 11) is 0. The molecule has 11 nitrogen and oxygen atoms in total. The maximum Gasteiger partial charge on any atom is 0.338 e. The Bertz CT molecular complexity index is 1650. The lowest BCUT2D eigenvalue weighted by molar-refractivity contribution is -0.221. The van der Waals surface area contributed by atoms with Gasteiger partial charge in [0.1, 0.15) is 24.4 Å². The predicted octanol–water partition coefficient (Wildman–Crippen LogP) is 14.5. The van der Waals surface area contributed by atoms with Crippen LogP contribution in [0.15, 0.2) is 60.7 Å². The highest BCUT2D eigenvalue weighted by molar-refractivity contribution is 5.81. The fourth-order valence-electron chi connectivity index (χ4n) is 10.0. The molecule has 1 fully saturated rings. The van der Waals surface area contributed by atoms with Crippen molar-refractivity contribution in [3.05, 3.63) is 71.8 Å². The molecule has 2 aromatic carbocycles. The van der Waals surface area contributed by atoms with Crippen molar-refractivity contribution in [3.8, 4) is 0 Å². The van der Waals surface area contributed by atoms with Crippen molar-refractivity contribution in [1.82, 2.24) is 5.32 Å². The molecule has 1 aliphatic heterocycles. The maximum absolute atomic E-state index is 14.5. The van der Waals surface area contributed by atoms with E-state index in [1.807, 2.05) is 60.7 Å². The molecule has 73 heavy (non-hydrogen) atoms. The number of benzene rings is 2. The van der Waals surface area contributed by atoms with Gasteiger partial charge in [0.05, 0.1) is 13.0 Å². The predicted molar refractivity (Wildman–Crippen MR) is 293 cm³/mol. The molecular formula is C62H101NO10. The van der Waals surface area contributed by atoms with Gasteiger partial charge in [-0.05, 0) is 36.8 Å². The van der Waals surface area contributed by atoms with Gasteiger partial charge in [-0.15, -0.1) is 0 Å². The van der Waals surface area contributed by atoms with Gasteiger partial charge in [-0.3, -0.25) is 14.4 Å². The van der Waals surface area contributed by atoms with Gasteiger partial charge in [0.2, 0.25) is 5.91 Å². The Balaban J connectivity index is 1.75. The van der Waals surface area contributed by atoms with Crippen LogP contribution in [0, 0.1) is 0 Å². The summed E-state index contributed by atoms with van der Waals surface area (Å²) in [6, 6.07) is 17.2. The second kappa shape index (κ2) is 41.4. The number of nitrogens with one attached hydrogen (secondary N) is 1. The quantitative estimate of drug-likeness (QED) is 0.0331. The molecule has 0 saturated carbocycles. The monoisotopic (exact) mass is 1020 g/mol. The number of rotatable bonds is 44. The average Bonchev–Trinajstić information content (AvgIpc) is 3.39. The van der Waals surface area contributed by atoms with Crippen molar-refractivity contribution in [2.45, 2.75) is 288 Å². The molecular weight excluding hydrogens is 919 g/mol. The number of unbranched alkanes of at least 4 members (excludes halogenated alkanes) is 28. The lowest BCUT2D eigenvalue weighted by atomic mass is 9.91. The zero-order valence-corrected chi connectivity index (χ0v) is 45.9. The smallest absolute Gasteiger partial charge is 0.338 e. The van der Waals surface area contributed by atoms with Crippen molar-refractivity contribution in [1.29, 1.82) is 0 Å². The van der Waals surface area contributed by atoms with E-state index in [1.165, 1.54) is 122 Å². The van der Waals surface area contributed by atoms with Gasteiger partial charge in [0.15, 0.2) is 18.3 Å². The fraction of sp³-hybridized carbons (Fsp3) is 0.742. The number of amides is 1. The Labute approximate surface area is 442 Å². The molecule has 0 spiro atoms. The van der Waals surface area contributed by atoms with E-state index in [-0.39, 0.29) is 31.1 Å². The number of esters is 3. The van der Waals surface area contributed by atoms with Crippen LogP contribution in [0.25, 0.3) is 0 Å². The lowest BCUT2D eigenvalue weighted by Gasteiger charge is -2.43. The van der Waals surface area contributed by atoms with E-state index < -0.39 is 61.2 Å². The maximum atomic E-state index is 14.5. The number of carbonyl (C=O) groups is 4. The second-order valence-electron chi connectivity index (χ2n) is 21.0. The molecule has 0 unspecified atom stereocenters. The zero-order chi connectivity index (χ0) is 52.6. The van der Waals surface area contributed by atoms with Crippen LogP contribution in [-0.4, -0.2) is 77.2 Å². The highest BCUT2D eigenvalue weighted by Crippen LogP contribution is 2.31. The standard InChI is InChI=1S/C62H101NO10/c1-4-7-10-13-16-19-21-24-27-30-39-46-54(65)63-57-60(58(68)53(49-64)71-61(57)62(69)73-59(50-41-34-32-35-42-50)51-43-36-33-37-44-51)72-56(67)48-52(45-38-29-26-23-18-15-12-9-6-3)70-55(66)47-40-31-28-25-22-20-17-14-11-8-5-2/h32-37,41-44,52-53,57-61,64,68H,4-31,38-40,45-49H2,1-3H3,(H,63,65)/t52-,53-,57-,58-,60-,61+/m1/s1. The highest BCUT2D eigenvalue weighted by atomic mass is 16.6. The van der Waals surface area contributed by atoms with Crippen molar-refractivity contribution >= 4 is 23.8 Å². The molecule has 3 N–H and O–H groups in total. The molecule has 1 heterocycles. The van der Waals surface area contributed by atoms with Crippen LogP contribution < -0.4 is 5.32 Å². The molecule has 0 aliphatic carbocycles. The Hall–Kier alpha value is -3.80. The number of aliphatic hydroxyl groups is 2. The molecule has 6 atom stereocenters. The molecule has 1 aliphatic rings. The second-order valence-corrected chi connectivity index (χ2v) is 21.0. The highest BCUT2D eigenvalue weighted by Gasteiger charge is 2.52. The normalized spacial score (nSPS) is 18.1. The van der Waals surface area contributed by atoms with Crippen molar-refractivity contribution in [3.63, 3.8) is 0 Å².